The van der Waals surface area contributed by atoms with Gasteiger partial charge in [0.25, 0.3) is 0 Å². The number of pyridine rings is 1. The highest BCUT2D eigenvalue weighted by molar-refractivity contribution is 6.21. The Morgan fingerprint density at radius 2 is 1.07 bits per heavy atom. The van der Waals surface area contributed by atoms with E-state index >= 15 is 0 Å². The third-order valence-electron chi connectivity index (χ3n) is 8.49. The van der Waals surface area contributed by atoms with Gasteiger partial charge in [-0.25, -0.2) is 19.9 Å². The number of hydrogen-bond donors (Lipinski definition) is 0. The largest absolute Gasteiger partial charge is 0.294 e. The van der Waals surface area contributed by atoms with Crippen molar-refractivity contribution in [3.63, 3.8) is 0 Å². The topological polar surface area (TPSA) is 56.5 Å². The zero-order valence-corrected chi connectivity index (χ0v) is 24.2. The highest BCUT2D eigenvalue weighted by atomic mass is 15.1. The van der Waals surface area contributed by atoms with Crippen LogP contribution in [0.25, 0.3) is 83.3 Å². The zero-order valence-electron chi connectivity index (χ0n) is 24.2. The van der Waals surface area contributed by atoms with Gasteiger partial charge in [-0.15, -0.1) is 0 Å². The average Bonchev–Trinajstić information content (AvgIpc) is 3.46. The third kappa shape index (κ3) is 4.17. The van der Waals surface area contributed by atoms with Gasteiger partial charge in [0, 0.05) is 33.7 Å². The molecule has 6 aromatic carbocycles. The molecule has 0 bridgehead atoms. The Morgan fingerprint density at radius 1 is 0.422 bits per heavy atom. The lowest BCUT2D eigenvalue weighted by Gasteiger charge is -2.12. The summed E-state index contributed by atoms with van der Waals surface area (Å²) in [4.78, 5) is 20.0. The van der Waals surface area contributed by atoms with E-state index in [0.717, 1.165) is 44.3 Å². The summed E-state index contributed by atoms with van der Waals surface area (Å²) < 4.78 is 2.24. The van der Waals surface area contributed by atoms with E-state index in [-0.39, 0.29) is 0 Å². The van der Waals surface area contributed by atoms with Crippen molar-refractivity contribution in [3.05, 3.63) is 152 Å². The van der Waals surface area contributed by atoms with E-state index in [9.17, 15) is 0 Å². The number of para-hydroxylation sites is 1. The number of rotatable bonds is 4. The molecule has 9 rings (SSSR count). The fourth-order valence-corrected chi connectivity index (χ4v) is 6.43. The van der Waals surface area contributed by atoms with Crippen LogP contribution >= 0.6 is 0 Å². The normalized spacial score (nSPS) is 11.6. The first-order valence-corrected chi connectivity index (χ1v) is 15.0. The number of benzene rings is 6. The fourth-order valence-electron chi connectivity index (χ4n) is 6.43. The molecule has 0 unspecified atom stereocenters. The summed E-state index contributed by atoms with van der Waals surface area (Å²) in [7, 11) is 0. The molecule has 0 N–H and O–H groups in total. The van der Waals surface area contributed by atoms with Crippen molar-refractivity contribution in [2.75, 3.05) is 0 Å². The molecule has 0 atom stereocenters. The fraction of sp³-hybridized carbons (Fsp3) is 0. The molecule has 0 fully saturated rings. The molecule has 45 heavy (non-hydrogen) atoms. The van der Waals surface area contributed by atoms with Crippen LogP contribution in [0.3, 0.4) is 0 Å². The van der Waals surface area contributed by atoms with E-state index in [0.29, 0.717) is 17.5 Å². The molecule has 0 aliphatic rings. The van der Waals surface area contributed by atoms with Crippen LogP contribution in [0.4, 0.5) is 0 Å². The second-order valence-corrected chi connectivity index (χ2v) is 11.1. The second kappa shape index (κ2) is 10.2. The standard InChI is InChI=1S/C40H25N5/c1-2-13-28(14-3-1)38-42-39(44-40(43-38)32-19-10-15-26-11-4-6-16-30(26)32)29-23-24-41-36(25-29)45-34-20-9-8-18-33(34)37-31-17-7-5-12-27(31)21-22-35(37)45/h1-25H. The van der Waals surface area contributed by atoms with E-state index in [1.54, 1.807) is 0 Å². The van der Waals surface area contributed by atoms with Gasteiger partial charge < -0.3 is 0 Å². The van der Waals surface area contributed by atoms with Gasteiger partial charge >= 0.3 is 0 Å². The summed E-state index contributed by atoms with van der Waals surface area (Å²) in [6, 6.07) is 50.2. The monoisotopic (exact) mass is 575 g/mol. The molecule has 210 valence electrons. The molecule has 3 heterocycles. The summed E-state index contributed by atoms with van der Waals surface area (Å²) >= 11 is 0. The molecule has 0 radical (unpaired) electrons. The second-order valence-electron chi connectivity index (χ2n) is 11.1. The number of fused-ring (bicyclic) bond motifs is 6. The highest BCUT2D eigenvalue weighted by Crippen LogP contribution is 2.37. The predicted octanol–water partition coefficient (Wildman–Crippen LogP) is 9.67. The van der Waals surface area contributed by atoms with Gasteiger partial charge in [-0.05, 0) is 45.8 Å². The Kier molecular flexibility index (Phi) is 5.74. The van der Waals surface area contributed by atoms with Crippen molar-refractivity contribution in [2.24, 2.45) is 0 Å². The van der Waals surface area contributed by atoms with Gasteiger partial charge in [0.2, 0.25) is 0 Å². The summed E-state index contributed by atoms with van der Waals surface area (Å²) in [5, 5.41) is 7.11. The van der Waals surface area contributed by atoms with E-state index in [1.165, 1.54) is 21.5 Å². The summed E-state index contributed by atoms with van der Waals surface area (Å²) in [5.41, 5.74) is 4.98. The molecule has 5 nitrogen and oxygen atoms in total. The Balaban J connectivity index is 1.28. The van der Waals surface area contributed by atoms with Crippen LogP contribution in [-0.4, -0.2) is 24.5 Å². The summed E-state index contributed by atoms with van der Waals surface area (Å²) in [6.07, 6.45) is 1.84. The Morgan fingerprint density at radius 3 is 1.91 bits per heavy atom. The van der Waals surface area contributed by atoms with Crippen molar-refractivity contribution in [1.29, 1.82) is 0 Å². The van der Waals surface area contributed by atoms with E-state index in [2.05, 4.69) is 114 Å². The van der Waals surface area contributed by atoms with Crippen LogP contribution in [-0.2, 0) is 0 Å². The third-order valence-corrected chi connectivity index (χ3v) is 8.49. The lowest BCUT2D eigenvalue weighted by molar-refractivity contribution is 1.06. The van der Waals surface area contributed by atoms with Gasteiger partial charge in [-0.3, -0.25) is 4.57 Å². The highest BCUT2D eigenvalue weighted by Gasteiger charge is 2.18. The molecular formula is C40H25N5. The van der Waals surface area contributed by atoms with Crippen LogP contribution < -0.4 is 0 Å². The van der Waals surface area contributed by atoms with E-state index in [1.807, 2.05) is 42.6 Å². The molecule has 5 heteroatoms. The molecule has 0 aliphatic heterocycles. The first-order chi connectivity index (χ1) is 22.3. The molecule has 0 amide bonds. The first kappa shape index (κ1) is 25.3. The minimum Gasteiger partial charge on any atom is -0.294 e. The van der Waals surface area contributed by atoms with Gasteiger partial charge in [0.15, 0.2) is 17.5 Å². The van der Waals surface area contributed by atoms with Crippen LogP contribution in [0.2, 0.25) is 0 Å². The molecular weight excluding hydrogens is 550 g/mol. The van der Waals surface area contributed by atoms with E-state index in [4.69, 9.17) is 19.9 Å². The Hall–Kier alpha value is -6.20. The van der Waals surface area contributed by atoms with E-state index < -0.39 is 0 Å². The maximum Gasteiger partial charge on any atom is 0.164 e. The SMILES string of the molecule is c1ccc(-c2nc(-c3ccnc(-n4c5ccccc5c5c6ccccc6ccc54)c3)nc(-c3cccc4ccccc34)n2)cc1. The van der Waals surface area contributed by atoms with Crippen molar-refractivity contribution >= 4 is 43.4 Å². The quantitative estimate of drug-likeness (QED) is 0.210. The lowest BCUT2D eigenvalue weighted by atomic mass is 10.0. The first-order valence-electron chi connectivity index (χ1n) is 15.0. The smallest absolute Gasteiger partial charge is 0.164 e. The molecule has 9 aromatic rings. The maximum atomic E-state index is 5.08. The Labute approximate surface area is 259 Å². The minimum absolute atomic E-state index is 0.599. The van der Waals surface area contributed by atoms with Crippen molar-refractivity contribution in [2.45, 2.75) is 0 Å². The molecule has 0 aliphatic carbocycles. The van der Waals surface area contributed by atoms with Gasteiger partial charge in [-0.1, -0.05) is 121 Å². The van der Waals surface area contributed by atoms with Crippen molar-refractivity contribution < 1.29 is 0 Å². The average molecular weight is 576 g/mol. The van der Waals surface area contributed by atoms with Crippen molar-refractivity contribution in [3.8, 4) is 40.0 Å². The molecule has 3 aromatic heterocycles. The number of nitrogens with zero attached hydrogens (tertiary/aromatic N) is 5. The van der Waals surface area contributed by atoms with Gasteiger partial charge in [-0.2, -0.15) is 0 Å². The predicted molar refractivity (Wildman–Crippen MR) is 183 cm³/mol. The number of aromatic nitrogens is 5. The van der Waals surface area contributed by atoms with Gasteiger partial charge in [0.1, 0.15) is 5.82 Å². The van der Waals surface area contributed by atoms with Crippen LogP contribution in [0.1, 0.15) is 0 Å². The lowest BCUT2D eigenvalue weighted by Crippen LogP contribution is -2.02. The Bertz CT molecular complexity index is 2540. The number of hydrogen-bond acceptors (Lipinski definition) is 4. The summed E-state index contributed by atoms with van der Waals surface area (Å²) in [5.74, 6) is 2.67. The minimum atomic E-state index is 0.599. The van der Waals surface area contributed by atoms with Crippen molar-refractivity contribution in [1.82, 2.24) is 24.5 Å². The van der Waals surface area contributed by atoms with Crippen LogP contribution in [0.5, 0.6) is 0 Å². The molecule has 0 saturated heterocycles. The molecule has 0 saturated carbocycles. The zero-order chi connectivity index (χ0) is 29.7. The van der Waals surface area contributed by atoms with Gasteiger partial charge in [0.05, 0.1) is 11.0 Å². The van der Waals surface area contributed by atoms with Crippen LogP contribution in [0.15, 0.2) is 152 Å². The summed E-state index contributed by atoms with van der Waals surface area (Å²) in [6.45, 7) is 0. The van der Waals surface area contributed by atoms with Crippen LogP contribution in [0, 0.1) is 0 Å². The molecule has 0 spiro atoms. The maximum absolute atomic E-state index is 5.08.